The number of carbonyl (C=O) groups is 6. The summed E-state index contributed by atoms with van der Waals surface area (Å²) in [6.45, 7) is -1.63. The first-order valence-electron chi connectivity index (χ1n) is 6.58. The van der Waals surface area contributed by atoms with Crippen molar-refractivity contribution in [1.82, 2.24) is 0 Å². The summed E-state index contributed by atoms with van der Waals surface area (Å²) >= 11 is 0. The number of hydrogen-bond donors (Lipinski definition) is 6. The molecular weight excluding hydrogens is 423 g/mol. The number of rotatable bonds is 10. The summed E-state index contributed by atoms with van der Waals surface area (Å²) in [5.41, 5.74) is 10.1. The van der Waals surface area contributed by atoms with E-state index >= 15 is 0 Å². The summed E-state index contributed by atoms with van der Waals surface area (Å²) in [5.74, 6) is -7.22. The molecule has 0 aliphatic carbocycles. The quantitative estimate of drug-likeness (QED) is 0.183. The Morgan fingerprint density at radius 1 is 0.630 bits per heavy atom. The van der Waals surface area contributed by atoms with Crippen molar-refractivity contribution < 1.29 is 75.4 Å². The van der Waals surface area contributed by atoms with Crippen LogP contribution in [0.25, 0.3) is 0 Å². The maximum Gasteiger partial charge on any atom is 0.341 e. The standard InChI is InChI=1S/2C6H9NO6.Co/c2*7-3(1-4(8)9)6(12)13-2-5(10)11;/h2*3H,1-2,7H2,(H,8,9)(H,10,11);/t2*3-;/m00./s1. The minimum absolute atomic E-state index is 0. The largest absolute Gasteiger partial charge is 0.481 e. The molecule has 2 atom stereocenters. The Morgan fingerprint density at radius 3 is 1.07 bits per heavy atom. The van der Waals surface area contributed by atoms with Gasteiger partial charge < -0.3 is 41.4 Å². The Bertz CT molecular complexity index is 504. The van der Waals surface area contributed by atoms with Crippen LogP contribution in [-0.4, -0.2) is 81.5 Å². The fraction of sp³-hybridized carbons (Fsp3) is 0.500. The normalized spacial score (nSPS) is 11.3. The first kappa shape index (κ1) is 29.0. The van der Waals surface area contributed by atoms with Crippen LogP contribution in [0.2, 0.25) is 0 Å². The van der Waals surface area contributed by atoms with Gasteiger partial charge in [-0.15, -0.1) is 0 Å². The van der Waals surface area contributed by atoms with Crippen LogP contribution in [-0.2, 0) is 55.0 Å². The van der Waals surface area contributed by atoms with Crippen LogP contribution in [0.15, 0.2) is 0 Å². The van der Waals surface area contributed by atoms with Crippen molar-refractivity contribution in [3.8, 4) is 0 Å². The molecule has 0 saturated carbocycles. The number of carboxylic acid groups (broad SMARTS) is 4. The van der Waals surface area contributed by atoms with Gasteiger partial charge in [0.25, 0.3) is 0 Å². The van der Waals surface area contributed by atoms with Gasteiger partial charge in [-0.1, -0.05) is 0 Å². The van der Waals surface area contributed by atoms with Crippen LogP contribution in [0.1, 0.15) is 12.8 Å². The number of esters is 2. The topological polar surface area (TPSA) is 254 Å². The summed E-state index contributed by atoms with van der Waals surface area (Å²) in [6, 6.07) is -2.64. The summed E-state index contributed by atoms with van der Waals surface area (Å²) in [5, 5.41) is 32.6. The molecule has 14 nitrogen and oxygen atoms in total. The van der Waals surface area contributed by atoms with E-state index in [0.29, 0.717) is 0 Å². The molecular formula is C12H18CoN2O12. The third kappa shape index (κ3) is 19.4. The molecule has 157 valence electrons. The second-order valence-electron chi connectivity index (χ2n) is 4.41. The first-order valence-corrected chi connectivity index (χ1v) is 6.58. The molecule has 0 aliphatic heterocycles. The second kappa shape index (κ2) is 15.5. The van der Waals surface area contributed by atoms with Crippen molar-refractivity contribution in [3.63, 3.8) is 0 Å². The van der Waals surface area contributed by atoms with Crippen molar-refractivity contribution in [2.45, 2.75) is 24.9 Å². The molecule has 0 saturated heterocycles. The Labute approximate surface area is 161 Å². The van der Waals surface area contributed by atoms with Gasteiger partial charge in [0.2, 0.25) is 0 Å². The number of nitrogens with two attached hydrogens (primary N) is 2. The van der Waals surface area contributed by atoms with Crippen molar-refractivity contribution in [3.05, 3.63) is 0 Å². The third-order valence-corrected chi connectivity index (χ3v) is 2.07. The molecule has 1 radical (unpaired) electrons. The van der Waals surface area contributed by atoms with Gasteiger partial charge >= 0.3 is 35.8 Å². The van der Waals surface area contributed by atoms with Gasteiger partial charge in [0.1, 0.15) is 12.1 Å². The van der Waals surface area contributed by atoms with E-state index in [-0.39, 0.29) is 16.8 Å². The molecule has 0 aliphatic rings. The second-order valence-corrected chi connectivity index (χ2v) is 4.41. The van der Waals surface area contributed by atoms with Crippen LogP contribution in [0, 0.1) is 0 Å². The van der Waals surface area contributed by atoms with Crippen LogP contribution in [0.4, 0.5) is 0 Å². The first-order chi connectivity index (χ1) is 11.9. The molecule has 8 N–H and O–H groups in total. The van der Waals surface area contributed by atoms with Crippen molar-refractivity contribution in [2.24, 2.45) is 11.5 Å². The van der Waals surface area contributed by atoms with E-state index < -0.39 is 74.0 Å². The van der Waals surface area contributed by atoms with Gasteiger partial charge in [0.05, 0.1) is 12.8 Å². The third-order valence-electron chi connectivity index (χ3n) is 2.07. The van der Waals surface area contributed by atoms with Gasteiger partial charge in [-0.25, -0.2) is 9.59 Å². The summed E-state index contributed by atoms with van der Waals surface area (Å²) in [7, 11) is 0. The van der Waals surface area contributed by atoms with Crippen LogP contribution < -0.4 is 11.5 Å². The molecule has 0 unspecified atom stereocenters. The molecule has 0 heterocycles. The summed E-state index contributed by atoms with van der Waals surface area (Å²) < 4.78 is 8.28. The molecule has 0 bridgehead atoms. The van der Waals surface area contributed by atoms with E-state index in [0.717, 1.165) is 0 Å². The van der Waals surface area contributed by atoms with Crippen molar-refractivity contribution in [2.75, 3.05) is 13.2 Å². The van der Waals surface area contributed by atoms with E-state index in [2.05, 4.69) is 9.47 Å². The zero-order valence-corrected chi connectivity index (χ0v) is 14.6. The van der Waals surface area contributed by atoms with Gasteiger partial charge in [0, 0.05) is 16.8 Å². The van der Waals surface area contributed by atoms with Gasteiger partial charge in [0.15, 0.2) is 13.2 Å². The maximum absolute atomic E-state index is 10.7. The number of aliphatic carboxylic acids is 4. The summed E-state index contributed by atoms with van der Waals surface area (Å²) in [4.78, 5) is 61.3. The van der Waals surface area contributed by atoms with E-state index in [9.17, 15) is 28.8 Å². The number of carboxylic acids is 4. The van der Waals surface area contributed by atoms with Crippen molar-refractivity contribution >= 4 is 35.8 Å². The Kier molecular flexibility index (Phi) is 16.7. The molecule has 0 spiro atoms. The zero-order chi connectivity index (χ0) is 20.9. The average molecular weight is 441 g/mol. The Morgan fingerprint density at radius 2 is 0.889 bits per heavy atom. The minimum Gasteiger partial charge on any atom is -0.481 e. The predicted octanol–water partition coefficient (Wildman–Crippen LogP) is -3.17. The van der Waals surface area contributed by atoms with E-state index in [4.69, 9.17) is 31.9 Å². The SMILES string of the molecule is N[C@@H](CC(=O)O)C(=O)OCC(=O)O.N[C@@H](CC(=O)O)C(=O)OCC(=O)O.[Co]. The monoisotopic (exact) mass is 441 g/mol. The molecule has 0 aromatic carbocycles. The smallest absolute Gasteiger partial charge is 0.341 e. The van der Waals surface area contributed by atoms with Crippen molar-refractivity contribution in [1.29, 1.82) is 0 Å². The number of carbonyl (C=O) groups excluding carboxylic acids is 2. The zero-order valence-electron chi connectivity index (χ0n) is 13.5. The van der Waals surface area contributed by atoms with Crippen LogP contribution in [0.3, 0.4) is 0 Å². The maximum atomic E-state index is 10.7. The van der Waals surface area contributed by atoms with Gasteiger partial charge in [-0.2, -0.15) is 0 Å². The van der Waals surface area contributed by atoms with Gasteiger partial charge in [-0.3, -0.25) is 19.2 Å². The Hall–Kier alpha value is -2.75. The average Bonchev–Trinajstić information content (AvgIpc) is 2.49. The van der Waals surface area contributed by atoms with E-state index in [1.54, 1.807) is 0 Å². The van der Waals surface area contributed by atoms with E-state index in [1.807, 2.05) is 0 Å². The number of hydrogen-bond acceptors (Lipinski definition) is 10. The molecule has 27 heavy (non-hydrogen) atoms. The summed E-state index contributed by atoms with van der Waals surface area (Å²) in [6.07, 6.45) is -1.17. The fourth-order valence-electron chi connectivity index (χ4n) is 1.02. The number of ether oxygens (including phenoxy) is 2. The minimum atomic E-state index is -1.32. The molecule has 0 rings (SSSR count). The molecule has 0 fully saturated rings. The molecule has 15 heteroatoms. The fourth-order valence-corrected chi connectivity index (χ4v) is 1.02. The van der Waals surface area contributed by atoms with Crippen LogP contribution >= 0.6 is 0 Å². The predicted molar refractivity (Wildman–Crippen MR) is 77.6 cm³/mol. The van der Waals surface area contributed by atoms with E-state index in [1.165, 1.54) is 0 Å². The molecule has 0 aromatic heterocycles. The van der Waals surface area contributed by atoms with Gasteiger partial charge in [-0.05, 0) is 0 Å². The molecule has 0 aromatic rings. The Balaban J connectivity index is -0.000000411. The van der Waals surface area contributed by atoms with Crippen LogP contribution in [0.5, 0.6) is 0 Å². The molecule has 0 amide bonds.